The van der Waals surface area contributed by atoms with Crippen LogP contribution in [0.3, 0.4) is 0 Å². The summed E-state index contributed by atoms with van der Waals surface area (Å²) < 4.78 is 2.07. The summed E-state index contributed by atoms with van der Waals surface area (Å²) in [5.41, 5.74) is 9.92. The molecule has 9 nitrogen and oxygen atoms in total. The monoisotopic (exact) mass is 471 g/mol. The Morgan fingerprint density at radius 2 is 1.89 bits per heavy atom. The molecule has 0 aliphatic carbocycles. The lowest BCUT2D eigenvalue weighted by atomic mass is 9.97. The lowest BCUT2D eigenvalue weighted by Gasteiger charge is -2.26. The molecule has 1 aromatic carbocycles. The van der Waals surface area contributed by atoms with Gasteiger partial charge < -0.3 is 10.3 Å². The van der Waals surface area contributed by atoms with Crippen molar-refractivity contribution >= 4 is 16.9 Å². The van der Waals surface area contributed by atoms with Crippen molar-refractivity contribution in [1.82, 2.24) is 19.4 Å². The number of amidine groups is 1. The summed E-state index contributed by atoms with van der Waals surface area (Å²) in [4.78, 5) is 11.0. The van der Waals surface area contributed by atoms with Crippen LogP contribution in [0.5, 0.6) is 0 Å². The van der Waals surface area contributed by atoms with Crippen molar-refractivity contribution in [3.05, 3.63) is 59.2 Å². The quantitative estimate of drug-likeness (QED) is 0.233. The Hall–Kier alpha value is -3.64. The minimum absolute atomic E-state index is 0.0122. The van der Waals surface area contributed by atoms with E-state index < -0.39 is 0 Å². The Kier molecular flexibility index (Phi) is 7.51. The summed E-state index contributed by atoms with van der Waals surface area (Å²) in [6.45, 7) is 10.8. The molecule has 0 amide bonds. The van der Waals surface area contributed by atoms with Crippen molar-refractivity contribution in [3.63, 3.8) is 0 Å². The van der Waals surface area contributed by atoms with Crippen LogP contribution in [0.1, 0.15) is 62.7 Å². The fourth-order valence-corrected chi connectivity index (χ4v) is 4.33. The normalized spacial score (nSPS) is 15.7. The van der Waals surface area contributed by atoms with E-state index in [0.717, 1.165) is 35.4 Å². The van der Waals surface area contributed by atoms with Gasteiger partial charge in [0.25, 0.3) is 0 Å². The summed E-state index contributed by atoms with van der Waals surface area (Å²) >= 11 is 0. The molecule has 0 radical (unpaired) electrons. The van der Waals surface area contributed by atoms with Crippen LogP contribution in [0.2, 0.25) is 0 Å². The zero-order chi connectivity index (χ0) is 24.8. The first kappa shape index (κ1) is 24.5. The van der Waals surface area contributed by atoms with Gasteiger partial charge >= 0.3 is 0 Å². The van der Waals surface area contributed by atoms with E-state index in [2.05, 4.69) is 67.8 Å². The molecule has 1 aliphatic heterocycles. The molecule has 0 bridgehead atoms. The fourth-order valence-electron chi connectivity index (χ4n) is 4.33. The Labute approximate surface area is 206 Å². The second-order valence-corrected chi connectivity index (χ2v) is 10.3. The van der Waals surface area contributed by atoms with Gasteiger partial charge in [-0.15, -0.1) is 5.10 Å². The van der Waals surface area contributed by atoms with Gasteiger partial charge in [-0.25, -0.2) is 9.97 Å². The van der Waals surface area contributed by atoms with E-state index >= 15 is 0 Å². The first-order valence-corrected chi connectivity index (χ1v) is 12.1. The molecule has 3 heterocycles. The van der Waals surface area contributed by atoms with Crippen LogP contribution in [-0.2, 0) is 19.6 Å². The molecule has 0 atom stereocenters. The van der Waals surface area contributed by atoms with Gasteiger partial charge in [0.15, 0.2) is 5.84 Å². The summed E-state index contributed by atoms with van der Waals surface area (Å²) in [5, 5.41) is 22.4. The summed E-state index contributed by atoms with van der Waals surface area (Å²) in [7, 11) is 0. The Morgan fingerprint density at radius 1 is 1.14 bits per heavy atom. The zero-order valence-corrected chi connectivity index (χ0v) is 20.8. The van der Waals surface area contributed by atoms with Gasteiger partial charge in [-0.2, -0.15) is 10.4 Å². The van der Waals surface area contributed by atoms with Crippen LogP contribution in [0.25, 0.3) is 11.0 Å². The van der Waals surface area contributed by atoms with Gasteiger partial charge in [0.1, 0.15) is 18.3 Å². The maximum atomic E-state index is 9.19. The molecule has 9 heteroatoms. The Bertz CT molecular complexity index is 1250. The van der Waals surface area contributed by atoms with Gasteiger partial charge in [-0.1, -0.05) is 51.5 Å². The van der Waals surface area contributed by atoms with Crippen LogP contribution in [-0.4, -0.2) is 38.4 Å². The number of likely N-dealkylation sites (tertiary alicyclic amines) is 1. The first-order chi connectivity index (χ1) is 16.8. The molecule has 35 heavy (non-hydrogen) atoms. The van der Waals surface area contributed by atoms with Crippen LogP contribution < -0.4 is 5.73 Å². The lowest BCUT2D eigenvalue weighted by Crippen LogP contribution is -2.29. The molecule has 1 aliphatic rings. The lowest BCUT2D eigenvalue weighted by molar-refractivity contribution is 0.221. The standard InChI is InChI=1S/C26H33N9/c1-26(2,3)18-35-22(13-21-15-29-23(14-27)31-25(21)35)16-30-33-32-24(28)20-9-7-19(8-10-20)17-34-11-5-4-6-12-34/h7-10,13,15H,4-6,11-12,16-18H2,1-3H3,(H2,28,30,32). The number of aromatic nitrogens is 3. The van der Waals surface area contributed by atoms with Crippen molar-refractivity contribution in [1.29, 1.82) is 5.26 Å². The van der Waals surface area contributed by atoms with E-state index in [-0.39, 0.29) is 11.2 Å². The van der Waals surface area contributed by atoms with E-state index in [1.165, 1.54) is 37.9 Å². The molecule has 182 valence electrons. The number of fused-ring (bicyclic) bond motifs is 1. The fraction of sp³-hybridized carbons (Fsp3) is 0.462. The van der Waals surface area contributed by atoms with Crippen molar-refractivity contribution in [2.24, 2.45) is 26.6 Å². The van der Waals surface area contributed by atoms with Crippen LogP contribution in [0.4, 0.5) is 0 Å². The van der Waals surface area contributed by atoms with Crippen LogP contribution in [0.15, 0.2) is 52.0 Å². The van der Waals surface area contributed by atoms with Gasteiger partial charge in [0, 0.05) is 35.9 Å². The van der Waals surface area contributed by atoms with Crippen molar-refractivity contribution in [2.75, 3.05) is 13.1 Å². The number of nitriles is 1. The van der Waals surface area contributed by atoms with Crippen molar-refractivity contribution < 1.29 is 0 Å². The third kappa shape index (κ3) is 6.49. The van der Waals surface area contributed by atoms with Gasteiger partial charge in [0.05, 0.1) is 0 Å². The second-order valence-electron chi connectivity index (χ2n) is 10.3. The third-order valence-electron chi connectivity index (χ3n) is 6.01. The first-order valence-electron chi connectivity index (χ1n) is 12.1. The maximum absolute atomic E-state index is 9.19. The topological polar surface area (TPSA) is 121 Å². The highest BCUT2D eigenvalue weighted by Gasteiger charge is 2.18. The van der Waals surface area contributed by atoms with E-state index in [1.807, 2.05) is 24.3 Å². The molecule has 1 fully saturated rings. The van der Waals surface area contributed by atoms with Gasteiger partial charge in [-0.05, 0) is 48.2 Å². The molecule has 2 aromatic heterocycles. The number of hydrogen-bond donors (Lipinski definition) is 1. The Balaban J connectivity index is 1.44. The SMILES string of the molecule is CC(C)(C)Cn1c(CN=NN=C(N)c2ccc(CN3CCCCC3)cc2)cc2cnc(C#N)nc21. The molecule has 2 N–H and O–H groups in total. The average molecular weight is 472 g/mol. The molecule has 0 spiro atoms. The molecule has 4 rings (SSSR count). The summed E-state index contributed by atoms with van der Waals surface area (Å²) in [5.74, 6) is 0.483. The second kappa shape index (κ2) is 10.7. The van der Waals surface area contributed by atoms with Crippen molar-refractivity contribution in [2.45, 2.75) is 59.7 Å². The third-order valence-corrected chi connectivity index (χ3v) is 6.01. The van der Waals surface area contributed by atoms with Crippen LogP contribution in [0, 0.1) is 16.7 Å². The van der Waals surface area contributed by atoms with E-state index in [1.54, 1.807) is 6.20 Å². The molecular formula is C26H33N9. The molecule has 0 unspecified atom stereocenters. The Morgan fingerprint density at radius 3 is 2.57 bits per heavy atom. The minimum atomic E-state index is 0.0122. The van der Waals surface area contributed by atoms with Gasteiger partial charge in [-0.3, -0.25) is 4.90 Å². The molecule has 3 aromatic rings. The smallest absolute Gasteiger partial charge is 0.234 e. The summed E-state index contributed by atoms with van der Waals surface area (Å²) in [6.07, 6.45) is 5.58. The minimum Gasteiger partial charge on any atom is -0.382 e. The van der Waals surface area contributed by atoms with E-state index in [9.17, 15) is 5.26 Å². The number of nitrogens with two attached hydrogens (primary N) is 1. The molecule has 1 saturated heterocycles. The zero-order valence-electron chi connectivity index (χ0n) is 20.8. The largest absolute Gasteiger partial charge is 0.382 e. The number of piperidine rings is 1. The van der Waals surface area contributed by atoms with Crippen LogP contribution >= 0.6 is 0 Å². The number of benzene rings is 1. The number of hydrogen-bond acceptors (Lipinski definition) is 6. The molecule has 0 saturated carbocycles. The van der Waals surface area contributed by atoms with Gasteiger partial charge in [0.2, 0.25) is 5.82 Å². The van der Waals surface area contributed by atoms with E-state index in [4.69, 9.17) is 5.73 Å². The predicted molar refractivity (Wildman–Crippen MR) is 137 cm³/mol. The predicted octanol–water partition coefficient (Wildman–Crippen LogP) is 4.61. The average Bonchev–Trinajstić information content (AvgIpc) is 3.17. The number of nitrogens with zero attached hydrogens (tertiary/aromatic N) is 8. The maximum Gasteiger partial charge on any atom is 0.234 e. The summed E-state index contributed by atoms with van der Waals surface area (Å²) in [6, 6.07) is 12.2. The highest BCUT2D eigenvalue weighted by molar-refractivity contribution is 5.97. The molecular weight excluding hydrogens is 438 g/mol. The van der Waals surface area contributed by atoms with Crippen molar-refractivity contribution in [3.8, 4) is 6.07 Å². The highest BCUT2D eigenvalue weighted by atomic mass is 15.4. The highest BCUT2D eigenvalue weighted by Crippen LogP contribution is 2.25. The number of rotatable bonds is 7. The van der Waals surface area contributed by atoms with E-state index in [0.29, 0.717) is 12.4 Å².